The number of morpholine rings is 1. The summed E-state index contributed by atoms with van der Waals surface area (Å²) in [4.78, 5) is -0.537. The SMILES string of the molecule is CN(CC1CNCCO1)S(=O)(=O)c1ccc(F)cc1F. The van der Waals surface area contributed by atoms with Crippen molar-refractivity contribution in [2.24, 2.45) is 0 Å². The number of sulfonamides is 1. The number of nitrogens with zero attached hydrogens (tertiary/aromatic N) is 1. The second-order valence-corrected chi connectivity index (χ2v) is 6.57. The van der Waals surface area contributed by atoms with Crippen LogP contribution in [0.25, 0.3) is 0 Å². The van der Waals surface area contributed by atoms with Gasteiger partial charge in [0.1, 0.15) is 16.5 Å². The largest absolute Gasteiger partial charge is 0.374 e. The molecule has 1 N–H and O–H groups in total. The molecule has 0 bridgehead atoms. The van der Waals surface area contributed by atoms with Gasteiger partial charge in [-0.1, -0.05) is 0 Å². The monoisotopic (exact) mass is 306 g/mol. The normalized spacial score (nSPS) is 20.3. The van der Waals surface area contributed by atoms with Gasteiger partial charge in [-0.15, -0.1) is 0 Å². The van der Waals surface area contributed by atoms with Crippen molar-refractivity contribution in [1.29, 1.82) is 0 Å². The van der Waals surface area contributed by atoms with Gasteiger partial charge in [-0.3, -0.25) is 0 Å². The van der Waals surface area contributed by atoms with Crippen molar-refractivity contribution in [2.75, 3.05) is 33.3 Å². The van der Waals surface area contributed by atoms with E-state index in [0.29, 0.717) is 19.2 Å². The minimum atomic E-state index is -4.00. The van der Waals surface area contributed by atoms with E-state index in [9.17, 15) is 17.2 Å². The summed E-state index contributed by atoms with van der Waals surface area (Å²) in [6.45, 7) is 1.86. The number of hydrogen-bond donors (Lipinski definition) is 1. The average Bonchev–Trinajstić information content (AvgIpc) is 2.39. The minimum absolute atomic E-state index is 0.103. The third-order valence-corrected chi connectivity index (χ3v) is 4.90. The molecule has 1 aromatic rings. The Morgan fingerprint density at radius 2 is 2.20 bits per heavy atom. The minimum Gasteiger partial charge on any atom is -0.374 e. The number of likely N-dealkylation sites (N-methyl/N-ethyl adjacent to an activating group) is 1. The van der Waals surface area contributed by atoms with Gasteiger partial charge in [-0.2, -0.15) is 4.31 Å². The van der Waals surface area contributed by atoms with Crippen LogP contribution in [0.3, 0.4) is 0 Å². The van der Waals surface area contributed by atoms with E-state index in [2.05, 4.69) is 5.32 Å². The molecule has 0 aromatic heterocycles. The van der Waals surface area contributed by atoms with Crippen LogP contribution in [0.4, 0.5) is 8.78 Å². The van der Waals surface area contributed by atoms with E-state index >= 15 is 0 Å². The zero-order chi connectivity index (χ0) is 14.8. The molecule has 0 radical (unpaired) electrons. The summed E-state index contributed by atoms with van der Waals surface area (Å²) < 4.78 is 57.3. The fourth-order valence-electron chi connectivity index (χ4n) is 1.97. The molecular formula is C12H16F2N2O3S. The molecule has 1 aromatic carbocycles. The topological polar surface area (TPSA) is 58.6 Å². The summed E-state index contributed by atoms with van der Waals surface area (Å²) in [6, 6.07) is 2.40. The molecule has 20 heavy (non-hydrogen) atoms. The molecule has 8 heteroatoms. The fourth-order valence-corrected chi connectivity index (χ4v) is 3.22. The van der Waals surface area contributed by atoms with E-state index in [1.807, 2.05) is 0 Å². The highest BCUT2D eigenvalue weighted by molar-refractivity contribution is 7.89. The molecule has 0 spiro atoms. The van der Waals surface area contributed by atoms with Crippen LogP contribution >= 0.6 is 0 Å². The van der Waals surface area contributed by atoms with E-state index in [0.717, 1.165) is 23.0 Å². The van der Waals surface area contributed by atoms with Crippen molar-refractivity contribution in [3.63, 3.8) is 0 Å². The Labute approximate surface area is 116 Å². The second-order valence-electron chi connectivity index (χ2n) is 4.56. The first-order chi connectivity index (χ1) is 9.41. The summed E-state index contributed by atoms with van der Waals surface area (Å²) in [5.41, 5.74) is 0. The Kier molecular flexibility index (Phi) is 4.69. The standard InChI is InChI=1S/C12H16F2N2O3S/c1-16(8-10-7-15-4-5-19-10)20(17,18)12-3-2-9(13)6-11(12)14/h2-3,6,10,15H,4-5,7-8H2,1H3. The van der Waals surface area contributed by atoms with Crippen LogP contribution in [0, 0.1) is 11.6 Å². The Balaban J connectivity index is 2.16. The number of ether oxygens (including phenoxy) is 1. The maximum atomic E-state index is 13.6. The lowest BCUT2D eigenvalue weighted by atomic mass is 10.3. The molecule has 1 saturated heterocycles. The van der Waals surface area contributed by atoms with Gasteiger partial charge in [0.15, 0.2) is 0 Å². The first-order valence-corrected chi connectivity index (χ1v) is 7.59. The van der Waals surface area contributed by atoms with Gasteiger partial charge < -0.3 is 10.1 Å². The number of hydrogen-bond acceptors (Lipinski definition) is 4. The van der Waals surface area contributed by atoms with Gasteiger partial charge in [0.25, 0.3) is 0 Å². The maximum Gasteiger partial charge on any atom is 0.245 e. The Bertz CT molecular complexity index is 574. The molecular weight excluding hydrogens is 290 g/mol. The lowest BCUT2D eigenvalue weighted by Gasteiger charge is -2.27. The summed E-state index contributed by atoms with van der Waals surface area (Å²) >= 11 is 0. The van der Waals surface area contributed by atoms with Crippen molar-refractivity contribution in [1.82, 2.24) is 9.62 Å². The van der Waals surface area contributed by atoms with Gasteiger partial charge in [-0.25, -0.2) is 17.2 Å². The highest BCUT2D eigenvalue weighted by Crippen LogP contribution is 2.19. The molecule has 0 saturated carbocycles. The Morgan fingerprint density at radius 3 is 2.80 bits per heavy atom. The molecule has 5 nitrogen and oxygen atoms in total. The predicted octanol–water partition coefficient (Wildman–Crippen LogP) is 0.574. The van der Waals surface area contributed by atoms with Crippen LogP contribution in [0.1, 0.15) is 0 Å². The summed E-state index contributed by atoms with van der Waals surface area (Å²) in [5.74, 6) is -1.91. The summed E-state index contributed by atoms with van der Waals surface area (Å²) in [6.07, 6.45) is -0.285. The molecule has 0 amide bonds. The summed E-state index contributed by atoms with van der Waals surface area (Å²) in [5, 5.41) is 3.08. The second kappa shape index (κ2) is 6.13. The van der Waals surface area contributed by atoms with Crippen LogP contribution < -0.4 is 5.32 Å². The highest BCUT2D eigenvalue weighted by Gasteiger charge is 2.27. The van der Waals surface area contributed by atoms with Gasteiger partial charge in [0.05, 0.1) is 12.7 Å². The first-order valence-electron chi connectivity index (χ1n) is 6.15. The number of halogens is 2. The van der Waals surface area contributed by atoms with Crippen LogP contribution in [0.15, 0.2) is 23.1 Å². The van der Waals surface area contributed by atoms with E-state index in [1.54, 1.807) is 0 Å². The smallest absolute Gasteiger partial charge is 0.245 e. The molecule has 1 heterocycles. The van der Waals surface area contributed by atoms with Crippen molar-refractivity contribution >= 4 is 10.0 Å². The zero-order valence-electron chi connectivity index (χ0n) is 11.0. The molecule has 1 unspecified atom stereocenters. The molecule has 1 aliphatic heterocycles. The van der Waals surface area contributed by atoms with E-state index in [1.165, 1.54) is 7.05 Å². The number of nitrogens with one attached hydrogen (secondary N) is 1. The van der Waals surface area contributed by atoms with Crippen molar-refractivity contribution < 1.29 is 21.9 Å². The fraction of sp³-hybridized carbons (Fsp3) is 0.500. The first kappa shape index (κ1) is 15.3. The molecule has 112 valence electrons. The Hall–Kier alpha value is -1.09. The lowest BCUT2D eigenvalue weighted by Crippen LogP contribution is -2.45. The third-order valence-electron chi connectivity index (χ3n) is 3.05. The van der Waals surface area contributed by atoms with Crippen LogP contribution in [0.5, 0.6) is 0 Å². The lowest BCUT2D eigenvalue weighted by molar-refractivity contribution is 0.0206. The maximum absolute atomic E-state index is 13.6. The molecule has 1 atom stereocenters. The van der Waals surface area contributed by atoms with Gasteiger partial charge in [-0.05, 0) is 12.1 Å². The molecule has 1 aliphatic rings. The molecule has 0 aliphatic carbocycles. The van der Waals surface area contributed by atoms with E-state index in [-0.39, 0.29) is 12.6 Å². The molecule has 1 fully saturated rings. The quantitative estimate of drug-likeness (QED) is 0.884. The van der Waals surface area contributed by atoms with Crippen molar-refractivity contribution in [2.45, 2.75) is 11.0 Å². The number of benzene rings is 1. The van der Waals surface area contributed by atoms with Crippen LogP contribution in [-0.4, -0.2) is 52.1 Å². The number of rotatable bonds is 4. The highest BCUT2D eigenvalue weighted by atomic mass is 32.2. The van der Waals surface area contributed by atoms with Crippen molar-refractivity contribution in [3.05, 3.63) is 29.8 Å². The molecule has 2 rings (SSSR count). The average molecular weight is 306 g/mol. The predicted molar refractivity (Wildman–Crippen MR) is 68.8 cm³/mol. The summed E-state index contributed by atoms with van der Waals surface area (Å²) in [7, 11) is -2.66. The van der Waals surface area contributed by atoms with Gasteiger partial charge in [0.2, 0.25) is 10.0 Å². The zero-order valence-corrected chi connectivity index (χ0v) is 11.8. The Morgan fingerprint density at radius 1 is 1.45 bits per heavy atom. The van der Waals surface area contributed by atoms with Gasteiger partial charge >= 0.3 is 0 Å². The van der Waals surface area contributed by atoms with E-state index in [4.69, 9.17) is 4.74 Å². The van der Waals surface area contributed by atoms with Crippen molar-refractivity contribution in [3.8, 4) is 0 Å². The van der Waals surface area contributed by atoms with Gasteiger partial charge in [0, 0.05) is 32.7 Å². The van der Waals surface area contributed by atoms with E-state index < -0.39 is 26.6 Å². The van der Waals surface area contributed by atoms with Crippen LogP contribution in [0.2, 0.25) is 0 Å². The third kappa shape index (κ3) is 3.32. The van der Waals surface area contributed by atoms with Crippen LogP contribution in [-0.2, 0) is 14.8 Å².